The number of carbonyl (C=O) groups excluding carboxylic acids is 1. The maximum Gasteiger partial charge on any atom is 0.296 e. The Labute approximate surface area is 199 Å². The smallest absolute Gasteiger partial charge is 0.296 e. The van der Waals surface area contributed by atoms with Crippen LogP contribution >= 0.6 is 11.3 Å². The minimum atomic E-state index is -0.494. The van der Waals surface area contributed by atoms with Crippen molar-refractivity contribution in [2.45, 2.75) is 20.8 Å². The van der Waals surface area contributed by atoms with Gasteiger partial charge in [-0.15, -0.1) is 11.3 Å². The fourth-order valence-electron chi connectivity index (χ4n) is 4.32. The van der Waals surface area contributed by atoms with Crippen LogP contribution < -0.4 is 10.5 Å². The third-order valence-corrected chi connectivity index (χ3v) is 7.07. The molecule has 3 heterocycles. The molecule has 0 saturated heterocycles. The summed E-state index contributed by atoms with van der Waals surface area (Å²) in [6.07, 6.45) is 0. The number of hydrogen-bond acceptors (Lipinski definition) is 4. The molecular weight excluding hydrogens is 451 g/mol. The first-order valence-electron chi connectivity index (χ1n) is 11.0. The van der Waals surface area contributed by atoms with Crippen molar-refractivity contribution in [1.29, 1.82) is 0 Å². The van der Waals surface area contributed by atoms with Crippen LogP contribution in [0.3, 0.4) is 0 Å². The first-order chi connectivity index (χ1) is 16.3. The van der Waals surface area contributed by atoms with Gasteiger partial charge in [-0.3, -0.25) is 9.59 Å². The zero-order valence-corrected chi connectivity index (χ0v) is 20.1. The first kappa shape index (κ1) is 22.0. The summed E-state index contributed by atoms with van der Waals surface area (Å²) in [4.78, 5) is 30.0. The standard InChI is InChI=1S/C26H23FN4O2S/c1-5-30(19-9-7-6-8-18(19)27)25(32)22-21-23(29(4)20-14-16(3)34-24(20)21)26(33)31(28-22)17-12-10-15(2)11-13-17/h6-14H,5H2,1-4H3. The summed E-state index contributed by atoms with van der Waals surface area (Å²) in [6.45, 7) is 5.97. The summed E-state index contributed by atoms with van der Waals surface area (Å²) in [7, 11) is 1.82. The Morgan fingerprint density at radius 2 is 1.82 bits per heavy atom. The van der Waals surface area contributed by atoms with Gasteiger partial charge >= 0.3 is 0 Å². The van der Waals surface area contributed by atoms with Gasteiger partial charge in [-0.25, -0.2) is 4.39 Å². The van der Waals surface area contributed by atoms with E-state index in [0.29, 0.717) is 16.6 Å². The van der Waals surface area contributed by atoms with E-state index in [1.54, 1.807) is 37.3 Å². The van der Waals surface area contributed by atoms with E-state index >= 15 is 0 Å². The van der Waals surface area contributed by atoms with Gasteiger partial charge in [0.2, 0.25) is 0 Å². The van der Waals surface area contributed by atoms with Crippen molar-refractivity contribution in [2.75, 3.05) is 11.4 Å². The number of aryl methyl sites for hydroxylation is 3. The quantitative estimate of drug-likeness (QED) is 0.352. The van der Waals surface area contributed by atoms with Gasteiger partial charge in [-0.2, -0.15) is 9.78 Å². The zero-order valence-electron chi connectivity index (χ0n) is 19.3. The average Bonchev–Trinajstić information content (AvgIpc) is 3.33. The van der Waals surface area contributed by atoms with E-state index in [-0.39, 0.29) is 23.5 Å². The van der Waals surface area contributed by atoms with E-state index in [1.807, 2.05) is 43.7 Å². The predicted molar refractivity (Wildman–Crippen MR) is 135 cm³/mol. The lowest BCUT2D eigenvalue weighted by molar-refractivity contribution is 0.0983. The van der Waals surface area contributed by atoms with E-state index in [1.165, 1.54) is 27.0 Å². The highest BCUT2D eigenvalue weighted by molar-refractivity contribution is 7.20. The molecule has 0 aliphatic carbocycles. The summed E-state index contributed by atoms with van der Waals surface area (Å²) < 4.78 is 18.6. The van der Waals surface area contributed by atoms with Crippen molar-refractivity contribution in [3.63, 3.8) is 0 Å². The monoisotopic (exact) mass is 474 g/mol. The molecule has 34 heavy (non-hydrogen) atoms. The van der Waals surface area contributed by atoms with Gasteiger partial charge in [-0.05, 0) is 51.1 Å². The molecule has 0 unspecified atom stereocenters. The number of anilines is 1. The molecule has 5 aromatic rings. The fraction of sp³-hybridized carbons (Fsp3) is 0.192. The van der Waals surface area contributed by atoms with Crippen molar-refractivity contribution < 1.29 is 9.18 Å². The molecule has 0 aliphatic heterocycles. The number of benzene rings is 2. The van der Waals surface area contributed by atoms with Crippen molar-refractivity contribution in [2.24, 2.45) is 7.05 Å². The molecule has 8 heteroatoms. The Bertz CT molecular complexity index is 1630. The van der Waals surface area contributed by atoms with Gasteiger partial charge < -0.3 is 9.47 Å². The Hall–Kier alpha value is -3.78. The summed E-state index contributed by atoms with van der Waals surface area (Å²) in [5, 5.41) is 5.08. The number of fused-ring (bicyclic) bond motifs is 3. The zero-order chi connectivity index (χ0) is 24.1. The van der Waals surface area contributed by atoms with Gasteiger partial charge in [0.15, 0.2) is 5.69 Å². The maximum atomic E-state index is 14.7. The molecule has 0 N–H and O–H groups in total. The number of nitrogens with zero attached hydrogens (tertiary/aromatic N) is 4. The Balaban J connectivity index is 1.85. The number of carbonyl (C=O) groups is 1. The SMILES string of the molecule is CCN(C(=O)c1nn(-c2ccc(C)cc2)c(=O)c2c1c1sc(C)cc1n2C)c1ccccc1F. The molecule has 3 aromatic heterocycles. The highest BCUT2D eigenvalue weighted by atomic mass is 32.1. The molecule has 5 rings (SSSR count). The highest BCUT2D eigenvalue weighted by Crippen LogP contribution is 2.35. The topological polar surface area (TPSA) is 60.1 Å². The molecule has 0 fully saturated rings. The van der Waals surface area contributed by atoms with Crippen molar-refractivity contribution in [3.8, 4) is 5.69 Å². The fourth-order valence-corrected chi connectivity index (χ4v) is 5.41. The average molecular weight is 475 g/mol. The van der Waals surface area contributed by atoms with E-state index in [0.717, 1.165) is 20.7 Å². The van der Waals surface area contributed by atoms with Gasteiger partial charge in [0.25, 0.3) is 11.5 Å². The number of rotatable bonds is 4. The minimum Gasteiger partial charge on any atom is -0.338 e. The number of thiophene rings is 1. The summed E-state index contributed by atoms with van der Waals surface area (Å²) in [5.74, 6) is -0.956. The number of amides is 1. The van der Waals surface area contributed by atoms with Gasteiger partial charge in [-0.1, -0.05) is 29.8 Å². The van der Waals surface area contributed by atoms with E-state index in [9.17, 15) is 14.0 Å². The first-order valence-corrected chi connectivity index (χ1v) is 11.8. The van der Waals surface area contributed by atoms with Gasteiger partial charge in [0.1, 0.15) is 11.3 Å². The molecule has 0 aliphatic rings. The molecule has 0 atom stereocenters. The van der Waals surface area contributed by atoms with Crippen LogP contribution in [-0.2, 0) is 7.05 Å². The van der Waals surface area contributed by atoms with Crippen molar-refractivity contribution in [1.82, 2.24) is 14.3 Å². The molecule has 2 aromatic carbocycles. The third kappa shape index (κ3) is 3.33. The predicted octanol–water partition coefficient (Wildman–Crippen LogP) is 5.36. The Morgan fingerprint density at radius 1 is 1.12 bits per heavy atom. The lowest BCUT2D eigenvalue weighted by atomic mass is 10.2. The normalized spacial score (nSPS) is 11.4. The lowest BCUT2D eigenvalue weighted by Crippen LogP contribution is -2.34. The van der Waals surface area contributed by atoms with E-state index < -0.39 is 11.7 Å². The number of para-hydroxylation sites is 1. The molecule has 0 spiro atoms. The van der Waals surface area contributed by atoms with E-state index in [2.05, 4.69) is 5.10 Å². The molecule has 6 nitrogen and oxygen atoms in total. The summed E-state index contributed by atoms with van der Waals surface area (Å²) >= 11 is 1.51. The van der Waals surface area contributed by atoms with Crippen LogP contribution in [0.25, 0.3) is 26.8 Å². The van der Waals surface area contributed by atoms with Crippen molar-refractivity contribution >= 4 is 44.1 Å². The Kier molecular flexibility index (Phi) is 5.32. The van der Waals surface area contributed by atoms with Gasteiger partial charge in [0, 0.05) is 18.5 Å². The number of hydrogen-bond donors (Lipinski definition) is 0. The molecule has 0 bridgehead atoms. The van der Waals surface area contributed by atoms with Crippen LogP contribution in [0.4, 0.5) is 10.1 Å². The molecule has 1 amide bonds. The largest absolute Gasteiger partial charge is 0.338 e. The molecule has 172 valence electrons. The van der Waals surface area contributed by atoms with Crippen LogP contribution in [0.15, 0.2) is 59.4 Å². The second-order valence-electron chi connectivity index (χ2n) is 8.26. The van der Waals surface area contributed by atoms with Crippen LogP contribution in [0.1, 0.15) is 27.9 Å². The second kappa shape index (κ2) is 8.22. The molecule has 0 radical (unpaired) electrons. The Morgan fingerprint density at radius 3 is 2.50 bits per heavy atom. The summed E-state index contributed by atoms with van der Waals surface area (Å²) in [5.41, 5.74) is 2.83. The summed E-state index contributed by atoms with van der Waals surface area (Å²) in [6, 6.07) is 15.5. The second-order valence-corrected chi connectivity index (χ2v) is 9.51. The van der Waals surface area contributed by atoms with Gasteiger partial charge in [0.05, 0.1) is 27.0 Å². The number of aromatic nitrogens is 3. The lowest BCUT2D eigenvalue weighted by Gasteiger charge is -2.22. The third-order valence-electron chi connectivity index (χ3n) is 6.01. The minimum absolute atomic E-state index is 0.118. The molecule has 0 saturated carbocycles. The van der Waals surface area contributed by atoms with Crippen LogP contribution in [-0.4, -0.2) is 26.8 Å². The van der Waals surface area contributed by atoms with Crippen LogP contribution in [0.5, 0.6) is 0 Å². The van der Waals surface area contributed by atoms with Crippen LogP contribution in [0, 0.1) is 19.7 Å². The molecular formula is C26H23FN4O2S. The van der Waals surface area contributed by atoms with Crippen LogP contribution in [0.2, 0.25) is 0 Å². The number of halogens is 1. The van der Waals surface area contributed by atoms with E-state index in [4.69, 9.17) is 0 Å². The highest BCUT2D eigenvalue weighted by Gasteiger charge is 2.28. The van der Waals surface area contributed by atoms with Crippen molar-refractivity contribution in [3.05, 3.63) is 86.9 Å². The maximum absolute atomic E-state index is 14.7.